The number of para-hydroxylation sites is 3. The van der Waals surface area contributed by atoms with Gasteiger partial charge in [-0.2, -0.15) is 10.5 Å². The highest BCUT2D eigenvalue weighted by Crippen LogP contribution is 2.41. The summed E-state index contributed by atoms with van der Waals surface area (Å²) in [6.45, 7) is 8.13. The van der Waals surface area contributed by atoms with Gasteiger partial charge < -0.3 is 9.13 Å². The highest BCUT2D eigenvalue weighted by molar-refractivity contribution is 6.11. The van der Waals surface area contributed by atoms with Crippen molar-refractivity contribution in [1.82, 2.24) is 9.13 Å². The molecule has 7 aromatic carbocycles. The maximum atomic E-state index is 9.63. The predicted octanol–water partition coefficient (Wildman–Crippen LogP) is 11.5. The van der Waals surface area contributed by atoms with Gasteiger partial charge in [-0.15, -0.1) is 0 Å². The second-order valence-electron chi connectivity index (χ2n) is 12.3. The average molecular weight is 636 g/mol. The molecule has 2 heterocycles. The summed E-state index contributed by atoms with van der Waals surface area (Å²) in [6, 6.07) is 55.6. The largest absolute Gasteiger partial charge is 0.318 e. The molecule has 0 fully saturated rings. The quantitative estimate of drug-likeness (QED) is 0.181. The Morgan fingerprint density at radius 2 is 1.02 bits per heavy atom. The lowest BCUT2D eigenvalue weighted by Crippen LogP contribution is -1.98. The van der Waals surface area contributed by atoms with E-state index in [0.29, 0.717) is 16.8 Å². The van der Waals surface area contributed by atoms with Gasteiger partial charge in [-0.3, -0.25) is 0 Å². The van der Waals surface area contributed by atoms with Crippen molar-refractivity contribution < 1.29 is 0 Å². The number of rotatable bonds is 4. The van der Waals surface area contributed by atoms with Crippen molar-refractivity contribution in [2.75, 3.05) is 0 Å². The molecular formula is C45H25N5. The Balaban J connectivity index is 1.17. The predicted molar refractivity (Wildman–Crippen MR) is 202 cm³/mol. The zero-order chi connectivity index (χ0) is 33.8. The number of nitrogens with zero attached hydrogens (tertiary/aromatic N) is 5. The van der Waals surface area contributed by atoms with Gasteiger partial charge in [0.2, 0.25) is 5.69 Å². The Hall–Kier alpha value is -7.39. The number of aromatic nitrogens is 2. The molecule has 5 nitrogen and oxygen atoms in total. The summed E-state index contributed by atoms with van der Waals surface area (Å²) in [4.78, 5) is 3.97. The number of hydrogen-bond acceptors (Lipinski definition) is 2. The third-order valence-corrected chi connectivity index (χ3v) is 9.60. The van der Waals surface area contributed by atoms with Crippen molar-refractivity contribution >= 4 is 49.3 Å². The molecule has 50 heavy (non-hydrogen) atoms. The minimum absolute atomic E-state index is 0.555. The van der Waals surface area contributed by atoms with E-state index >= 15 is 0 Å². The lowest BCUT2D eigenvalue weighted by Gasteiger charge is -2.16. The minimum atomic E-state index is 0.555. The van der Waals surface area contributed by atoms with Crippen molar-refractivity contribution in [3.05, 3.63) is 174 Å². The van der Waals surface area contributed by atoms with Crippen LogP contribution in [0.25, 0.3) is 82.1 Å². The van der Waals surface area contributed by atoms with Gasteiger partial charge in [-0.1, -0.05) is 91.0 Å². The van der Waals surface area contributed by atoms with Crippen LogP contribution in [0.15, 0.2) is 152 Å². The highest BCUT2D eigenvalue weighted by Gasteiger charge is 2.19. The lowest BCUT2D eigenvalue weighted by molar-refractivity contribution is 1.18. The van der Waals surface area contributed by atoms with E-state index in [1.54, 1.807) is 0 Å². The molecule has 0 bridgehead atoms. The standard InChI is InChI=1S/C45H25N5/c1-48-40-13-7-12-35(45(40)50-42-15-5-3-11-37(42)39-25-30(28-47)17-23-44(39)50)32-20-18-31(19-21-32)33-8-6-9-34(26-33)49-41-14-4-2-10-36(41)38-24-29(27-46)16-22-43(38)49/h2-26H. The molecule has 0 saturated carbocycles. The fraction of sp³-hybridized carbons (Fsp3) is 0. The van der Waals surface area contributed by atoms with Crippen LogP contribution in [-0.4, -0.2) is 9.13 Å². The van der Waals surface area contributed by atoms with E-state index < -0.39 is 0 Å². The first kappa shape index (κ1) is 28.8. The van der Waals surface area contributed by atoms with E-state index in [4.69, 9.17) is 6.57 Å². The van der Waals surface area contributed by atoms with Crippen LogP contribution in [0.3, 0.4) is 0 Å². The van der Waals surface area contributed by atoms with E-state index in [-0.39, 0.29) is 0 Å². The summed E-state index contributed by atoms with van der Waals surface area (Å²) in [5.41, 5.74) is 11.8. The van der Waals surface area contributed by atoms with Gasteiger partial charge in [0, 0.05) is 27.2 Å². The lowest BCUT2D eigenvalue weighted by atomic mass is 9.98. The smallest absolute Gasteiger partial charge is 0.211 e. The number of nitriles is 2. The van der Waals surface area contributed by atoms with E-state index in [9.17, 15) is 10.5 Å². The summed E-state index contributed by atoms with van der Waals surface area (Å²) in [5, 5.41) is 23.4. The maximum Gasteiger partial charge on any atom is 0.211 e. The van der Waals surface area contributed by atoms with Crippen LogP contribution in [0.1, 0.15) is 11.1 Å². The Morgan fingerprint density at radius 3 is 1.66 bits per heavy atom. The molecule has 2 aromatic heterocycles. The third-order valence-electron chi connectivity index (χ3n) is 9.60. The summed E-state index contributed by atoms with van der Waals surface area (Å²) in [6.07, 6.45) is 0. The molecule has 0 aliphatic heterocycles. The highest BCUT2D eigenvalue weighted by atomic mass is 15.0. The molecule has 0 aliphatic rings. The van der Waals surface area contributed by atoms with Crippen molar-refractivity contribution in [3.63, 3.8) is 0 Å². The van der Waals surface area contributed by atoms with E-state index in [0.717, 1.165) is 77.2 Å². The van der Waals surface area contributed by atoms with Crippen LogP contribution in [-0.2, 0) is 0 Å². The molecule has 0 aliphatic carbocycles. The normalized spacial score (nSPS) is 11.1. The van der Waals surface area contributed by atoms with Crippen LogP contribution in [0.5, 0.6) is 0 Å². The number of fused-ring (bicyclic) bond motifs is 6. The summed E-state index contributed by atoms with van der Waals surface area (Å²) in [7, 11) is 0. The molecule has 0 saturated heterocycles. The van der Waals surface area contributed by atoms with E-state index in [1.807, 2.05) is 72.8 Å². The molecule has 230 valence electrons. The number of benzene rings is 7. The average Bonchev–Trinajstić information content (AvgIpc) is 3.69. The fourth-order valence-electron chi connectivity index (χ4n) is 7.36. The minimum Gasteiger partial charge on any atom is -0.318 e. The first-order chi connectivity index (χ1) is 24.7. The maximum absolute atomic E-state index is 9.63. The first-order valence-corrected chi connectivity index (χ1v) is 16.3. The Bertz CT molecular complexity index is 2960. The molecule has 0 atom stereocenters. The monoisotopic (exact) mass is 635 g/mol. The Morgan fingerprint density at radius 1 is 0.460 bits per heavy atom. The van der Waals surface area contributed by atoms with Gasteiger partial charge >= 0.3 is 0 Å². The third kappa shape index (κ3) is 4.38. The molecule has 9 aromatic rings. The van der Waals surface area contributed by atoms with Crippen molar-refractivity contribution in [2.24, 2.45) is 0 Å². The second-order valence-corrected chi connectivity index (χ2v) is 12.3. The van der Waals surface area contributed by atoms with E-state index in [2.05, 4.69) is 105 Å². The van der Waals surface area contributed by atoms with Crippen LogP contribution in [0.4, 0.5) is 5.69 Å². The van der Waals surface area contributed by atoms with Crippen molar-refractivity contribution in [2.45, 2.75) is 0 Å². The Kier molecular flexibility index (Phi) is 6.56. The molecule has 0 amide bonds. The van der Waals surface area contributed by atoms with Gasteiger partial charge in [-0.05, 0) is 82.9 Å². The van der Waals surface area contributed by atoms with Crippen molar-refractivity contribution in [3.8, 4) is 45.8 Å². The summed E-state index contributed by atoms with van der Waals surface area (Å²) < 4.78 is 4.42. The molecule has 5 heteroatoms. The molecule has 0 N–H and O–H groups in total. The SMILES string of the molecule is [C-]#[N+]c1cccc(-c2ccc(-c3cccc(-n4c5ccccc5c5cc(C#N)ccc54)c3)cc2)c1-n1c2ccccc2c2cc(C#N)ccc21. The second kappa shape index (κ2) is 11.4. The summed E-state index contributed by atoms with van der Waals surface area (Å²) >= 11 is 0. The van der Waals surface area contributed by atoms with Crippen LogP contribution >= 0.6 is 0 Å². The molecule has 0 spiro atoms. The van der Waals surface area contributed by atoms with Gasteiger partial charge in [0.1, 0.15) is 0 Å². The van der Waals surface area contributed by atoms with E-state index in [1.165, 1.54) is 0 Å². The zero-order valence-electron chi connectivity index (χ0n) is 26.7. The first-order valence-electron chi connectivity index (χ1n) is 16.3. The van der Waals surface area contributed by atoms with Gasteiger partial charge in [-0.25, -0.2) is 4.85 Å². The van der Waals surface area contributed by atoms with Crippen LogP contribution in [0.2, 0.25) is 0 Å². The molecule has 0 radical (unpaired) electrons. The Labute approximate surface area is 288 Å². The molecular weight excluding hydrogens is 611 g/mol. The van der Waals surface area contributed by atoms with Crippen LogP contribution in [0, 0.1) is 29.2 Å². The van der Waals surface area contributed by atoms with Gasteiger partial charge in [0.25, 0.3) is 0 Å². The molecule has 0 unspecified atom stereocenters. The topological polar surface area (TPSA) is 61.8 Å². The van der Waals surface area contributed by atoms with Gasteiger partial charge in [0.15, 0.2) is 0 Å². The zero-order valence-corrected chi connectivity index (χ0v) is 26.7. The number of hydrogen-bond donors (Lipinski definition) is 0. The fourth-order valence-corrected chi connectivity index (χ4v) is 7.36. The van der Waals surface area contributed by atoms with Gasteiger partial charge in [0.05, 0.1) is 57.6 Å². The van der Waals surface area contributed by atoms with Crippen LogP contribution < -0.4 is 0 Å². The molecule has 9 rings (SSSR count). The van der Waals surface area contributed by atoms with Crippen molar-refractivity contribution in [1.29, 1.82) is 10.5 Å². The summed E-state index contributed by atoms with van der Waals surface area (Å²) in [5.74, 6) is 0.